The Labute approximate surface area is 387 Å². The maximum atomic E-state index is 11.1. The van der Waals surface area contributed by atoms with E-state index in [1.807, 2.05) is 42.6 Å². The van der Waals surface area contributed by atoms with Crippen LogP contribution in [0.5, 0.6) is 23.0 Å². The average molecular weight is 919 g/mol. The van der Waals surface area contributed by atoms with Gasteiger partial charge in [0.1, 0.15) is 55.5 Å². The van der Waals surface area contributed by atoms with Gasteiger partial charge >= 0.3 is 5.97 Å². The van der Waals surface area contributed by atoms with Crippen LogP contribution in [0, 0.1) is 13.8 Å². The second-order valence-corrected chi connectivity index (χ2v) is 16.4. The van der Waals surface area contributed by atoms with Crippen molar-refractivity contribution < 1.29 is 39.1 Å². The highest BCUT2D eigenvalue weighted by Crippen LogP contribution is 2.37. The summed E-state index contributed by atoms with van der Waals surface area (Å²) < 4.78 is 25.1. The number of carbonyl (C=O) groups is 1. The Balaban J connectivity index is 1.05. The number of carboxylic acids is 1. The molecule has 0 radical (unpaired) electrons. The molecule has 65 heavy (non-hydrogen) atoms. The van der Waals surface area contributed by atoms with Crippen LogP contribution >= 0.6 is 23.2 Å². The minimum absolute atomic E-state index is 0.0603. The van der Waals surface area contributed by atoms with Crippen molar-refractivity contribution in [2.75, 3.05) is 13.6 Å². The molecule has 0 saturated heterocycles. The number of hydrogen-bond acceptors (Lipinski definition) is 12. The number of carboxylic acid groups (broad SMARTS) is 1. The number of aliphatic imine (C=N–C) groups is 2. The second-order valence-electron chi connectivity index (χ2n) is 15.5. The molecule has 1 aliphatic rings. The molecule has 15 heteroatoms. The largest absolute Gasteiger partial charge is 0.488 e. The number of benzene rings is 4. The van der Waals surface area contributed by atoms with Crippen LogP contribution in [-0.2, 0) is 44.4 Å². The van der Waals surface area contributed by atoms with E-state index < -0.39 is 12.1 Å². The van der Waals surface area contributed by atoms with Crippen molar-refractivity contribution >= 4 is 41.6 Å². The van der Waals surface area contributed by atoms with Gasteiger partial charge in [-0.2, -0.15) is 0 Å². The first-order valence-corrected chi connectivity index (χ1v) is 21.6. The number of aliphatic hydroxyl groups is 2. The molecule has 4 N–H and O–H groups in total. The predicted molar refractivity (Wildman–Crippen MR) is 251 cm³/mol. The van der Waals surface area contributed by atoms with Gasteiger partial charge in [0.15, 0.2) is 0 Å². The molecule has 0 spiro atoms. The van der Waals surface area contributed by atoms with Crippen LogP contribution in [0.3, 0.4) is 0 Å². The van der Waals surface area contributed by atoms with Crippen molar-refractivity contribution in [1.82, 2.24) is 15.3 Å². The molecule has 3 heterocycles. The number of rotatable bonds is 22. The molecule has 13 nitrogen and oxygen atoms in total. The number of halogens is 2. The fourth-order valence-electron chi connectivity index (χ4n) is 7.22. The second kappa shape index (κ2) is 22.0. The summed E-state index contributed by atoms with van der Waals surface area (Å²) in [6.45, 7) is 5.06. The summed E-state index contributed by atoms with van der Waals surface area (Å²) in [5.41, 5.74) is 10.8. The van der Waals surface area contributed by atoms with E-state index in [4.69, 9.17) is 47.3 Å². The van der Waals surface area contributed by atoms with Gasteiger partial charge in [-0.25, -0.2) is 0 Å². The molecule has 2 aromatic heterocycles. The molecule has 6 aromatic rings. The fraction of sp³-hybridized carbons (Fsp3) is 0.260. The lowest BCUT2D eigenvalue weighted by Gasteiger charge is -2.19. The Bertz CT molecular complexity index is 2710. The topological polar surface area (TPSA) is 177 Å². The molecule has 1 aliphatic heterocycles. The maximum absolute atomic E-state index is 11.1. The van der Waals surface area contributed by atoms with Gasteiger partial charge in [0.25, 0.3) is 0 Å². The Morgan fingerprint density at radius 2 is 1.31 bits per heavy atom. The molecular weight excluding hydrogens is 869 g/mol. The molecule has 0 bridgehead atoms. The number of ether oxygens (including phenoxy) is 4. The monoisotopic (exact) mass is 917 g/mol. The Morgan fingerprint density at radius 3 is 1.88 bits per heavy atom. The Morgan fingerprint density at radius 1 is 0.754 bits per heavy atom. The summed E-state index contributed by atoms with van der Waals surface area (Å²) in [5.74, 6) is 0.714. The third kappa shape index (κ3) is 12.5. The van der Waals surface area contributed by atoms with Gasteiger partial charge < -0.3 is 39.6 Å². The van der Waals surface area contributed by atoms with Crippen molar-refractivity contribution in [3.8, 4) is 34.1 Å². The van der Waals surface area contributed by atoms with Crippen LogP contribution in [0.2, 0.25) is 10.0 Å². The summed E-state index contributed by atoms with van der Waals surface area (Å²) in [7, 11) is 1.69. The van der Waals surface area contributed by atoms with Crippen LogP contribution < -0.4 is 24.3 Å². The first-order valence-electron chi connectivity index (χ1n) is 20.9. The lowest BCUT2D eigenvalue weighted by Crippen LogP contribution is -2.28. The van der Waals surface area contributed by atoms with E-state index in [0.717, 1.165) is 55.6 Å². The molecule has 0 saturated carbocycles. The van der Waals surface area contributed by atoms with Crippen molar-refractivity contribution in [1.29, 1.82) is 0 Å². The zero-order valence-corrected chi connectivity index (χ0v) is 37.6. The number of hydrogen-bond donors (Lipinski definition) is 4. The van der Waals surface area contributed by atoms with E-state index >= 15 is 0 Å². The lowest BCUT2D eigenvalue weighted by molar-refractivity contribution is -0.139. The number of nitrogens with zero attached hydrogens (tertiary/aromatic N) is 4. The molecule has 0 fully saturated rings. The van der Waals surface area contributed by atoms with Gasteiger partial charge in [-0.1, -0.05) is 59.6 Å². The van der Waals surface area contributed by atoms with Crippen LogP contribution in [0.15, 0.2) is 108 Å². The van der Waals surface area contributed by atoms with Crippen LogP contribution in [0.25, 0.3) is 11.1 Å². The van der Waals surface area contributed by atoms with Gasteiger partial charge in [0.2, 0.25) is 0 Å². The Kier molecular flexibility index (Phi) is 15.8. The number of pyridine rings is 2. The number of aliphatic hydroxyl groups excluding tert-OH is 2. The molecule has 7 rings (SSSR count). The van der Waals surface area contributed by atoms with Gasteiger partial charge in [0.05, 0.1) is 29.2 Å². The summed E-state index contributed by atoms with van der Waals surface area (Å²) in [6, 6.07) is 23.0. The normalized spacial score (nSPS) is 13.5. The summed E-state index contributed by atoms with van der Waals surface area (Å²) in [6.07, 6.45) is 9.09. The lowest BCUT2D eigenvalue weighted by atomic mass is 9.92. The first kappa shape index (κ1) is 46.6. The summed E-state index contributed by atoms with van der Waals surface area (Å²) in [4.78, 5) is 28.0. The van der Waals surface area contributed by atoms with Crippen molar-refractivity contribution in [3.63, 3.8) is 0 Å². The minimum atomic E-state index is -1.09. The SMILES string of the molecule is CN=Cc1cncc(COc2cc(OCc3cccc(-c4cccc(COc5cc(OCc6cncc(C7C=N7)c6)c(CO)cc5Cl)c4C)c3C)c(Cl)cc2CNCC(O)CC(=O)O)c1. The van der Waals surface area contributed by atoms with E-state index in [2.05, 4.69) is 51.2 Å². The third-order valence-electron chi connectivity index (χ3n) is 10.8. The first-order chi connectivity index (χ1) is 31.5. The average Bonchev–Trinajstić information content (AvgIpc) is 4.15. The number of aliphatic carboxylic acids is 1. The highest BCUT2D eigenvalue weighted by atomic mass is 35.5. The van der Waals surface area contributed by atoms with Gasteiger partial charge in [-0.15, -0.1) is 0 Å². The van der Waals surface area contributed by atoms with Crippen LogP contribution in [0.4, 0.5) is 0 Å². The van der Waals surface area contributed by atoms with E-state index in [1.165, 1.54) is 0 Å². The van der Waals surface area contributed by atoms with E-state index in [9.17, 15) is 15.0 Å². The smallest absolute Gasteiger partial charge is 0.306 e. The zero-order valence-electron chi connectivity index (χ0n) is 36.1. The van der Waals surface area contributed by atoms with E-state index in [0.29, 0.717) is 44.2 Å². The highest BCUT2D eigenvalue weighted by molar-refractivity contribution is 6.32. The number of nitrogens with one attached hydrogen (secondary N) is 1. The van der Waals surface area contributed by atoms with E-state index in [1.54, 1.807) is 62.3 Å². The van der Waals surface area contributed by atoms with Gasteiger partial charge in [-0.3, -0.25) is 24.7 Å². The molecule has 0 amide bonds. The molecule has 4 aromatic carbocycles. The van der Waals surface area contributed by atoms with Crippen molar-refractivity contribution in [3.05, 3.63) is 163 Å². The van der Waals surface area contributed by atoms with E-state index in [-0.39, 0.29) is 58.6 Å². The quantitative estimate of drug-likeness (QED) is 0.0478. The maximum Gasteiger partial charge on any atom is 0.306 e. The minimum Gasteiger partial charge on any atom is -0.488 e. The highest BCUT2D eigenvalue weighted by Gasteiger charge is 2.19. The predicted octanol–water partition coefficient (Wildman–Crippen LogP) is 8.97. The fourth-order valence-corrected chi connectivity index (χ4v) is 7.70. The van der Waals surface area contributed by atoms with Crippen molar-refractivity contribution in [2.45, 2.75) is 72.0 Å². The molecule has 336 valence electrons. The molecule has 0 aliphatic carbocycles. The molecular formula is C50H49Cl2N5O8. The third-order valence-corrected chi connectivity index (χ3v) is 11.4. The van der Waals surface area contributed by atoms with Crippen LogP contribution in [0.1, 0.15) is 68.1 Å². The van der Waals surface area contributed by atoms with Gasteiger partial charge in [-0.05, 0) is 71.5 Å². The Hall–Kier alpha value is -6.35. The standard InChI is InChI=1S/C50H49Cl2N5O8/c1-30-35(28-64-48-15-46(62-26-33-10-32(17-53-3)18-54-19-33)38(12-43(48)51)22-56-23-40(59)14-50(60)61)6-4-8-41(30)42-9-5-7-36(31(42)2)29-65-49-16-47(39(25-58)13-44(49)52)63-27-34-11-37(21-55-20-34)45-24-57-45/h4-13,15-21,24,40,45,56,58-59H,14,22-23,25-29H2,1-3H3,(H,60,61). The summed E-state index contributed by atoms with van der Waals surface area (Å²) in [5, 5.41) is 33.1. The van der Waals surface area contributed by atoms with Crippen molar-refractivity contribution in [2.24, 2.45) is 9.98 Å². The van der Waals surface area contributed by atoms with Crippen LogP contribution in [-0.4, -0.2) is 63.4 Å². The van der Waals surface area contributed by atoms with Gasteiger partial charge in [0, 0.05) is 103 Å². The zero-order chi connectivity index (χ0) is 45.9. The number of aromatic nitrogens is 2. The summed E-state index contributed by atoms with van der Waals surface area (Å²) >= 11 is 13.5. The molecule has 2 atom stereocenters. The molecule has 2 unspecified atom stereocenters.